The Morgan fingerprint density at radius 1 is 1.36 bits per heavy atom. The first-order chi connectivity index (χ1) is 13.0. The minimum atomic E-state index is -0.523. The summed E-state index contributed by atoms with van der Waals surface area (Å²) in [5, 5.41) is 19.9. The molecule has 11 nitrogen and oxygen atoms in total. The summed E-state index contributed by atoms with van der Waals surface area (Å²) in [7, 11) is 2.80. The molecule has 0 fully saturated rings. The molecule has 0 saturated heterocycles. The highest BCUT2D eigenvalue weighted by Gasteiger charge is 2.32. The first-order valence-electron chi connectivity index (χ1n) is 7.73. The van der Waals surface area contributed by atoms with Crippen LogP contribution in [0.5, 0.6) is 11.5 Å². The van der Waals surface area contributed by atoms with Gasteiger partial charge in [-0.1, -0.05) is 11.8 Å². The topological polar surface area (TPSA) is 156 Å². The molecular formula is C15H18ClN7O4S. The SMILES string of the molecule is COc1ccc(OC)c([N+](=O)[O-])c1-c1nc2n(c1/C=N\N=C(N)N)CCS2.Cl. The van der Waals surface area contributed by atoms with E-state index in [4.69, 9.17) is 20.9 Å². The number of methoxy groups -OCH3 is 2. The van der Waals surface area contributed by atoms with Gasteiger partial charge in [-0.15, -0.1) is 17.5 Å². The average Bonchev–Trinajstić information content (AvgIpc) is 3.22. The number of guanidine groups is 1. The molecule has 1 aromatic carbocycles. The lowest BCUT2D eigenvalue weighted by Crippen LogP contribution is -2.21. The van der Waals surface area contributed by atoms with E-state index in [0.29, 0.717) is 23.7 Å². The number of hydrogen-bond donors (Lipinski definition) is 2. The van der Waals surface area contributed by atoms with Crippen molar-refractivity contribution in [3.05, 3.63) is 27.9 Å². The van der Waals surface area contributed by atoms with Gasteiger partial charge in [0.1, 0.15) is 17.0 Å². The Morgan fingerprint density at radius 3 is 2.64 bits per heavy atom. The first-order valence-corrected chi connectivity index (χ1v) is 8.71. The minimum Gasteiger partial charge on any atom is -0.496 e. The summed E-state index contributed by atoms with van der Waals surface area (Å²) in [6.45, 7) is 0.677. The van der Waals surface area contributed by atoms with Gasteiger partial charge in [0.2, 0.25) is 5.96 Å². The molecule has 0 saturated carbocycles. The molecule has 13 heteroatoms. The van der Waals surface area contributed by atoms with Gasteiger partial charge in [0.15, 0.2) is 10.9 Å². The normalized spacial score (nSPS) is 12.4. The number of halogens is 1. The van der Waals surface area contributed by atoms with E-state index in [0.717, 1.165) is 10.9 Å². The summed E-state index contributed by atoms with van der Waals surface area (Å²) in [4.78, 5) is 15.8. The van der Waals surface area contributed by atoms with Crippen LogP contribution in [0.15, 0.2) is 27.5 Å². The molecule has 150 valence electrons. The molecule has 0 aliphatic carbocycles. The second-order valence-electron chi connectivity index (χ2n) is 5.35. The predicted molar refractivity (Wildman–Crippen MR) is 109 cm³/mol. The van der Waals surface area contributed by atoms with Crippen LogP contribution < -0.4 is 20.9 Å². The number of nitro groups is 1. The lowest BCUT2D eigenvalue weighted by molar-refractivity contribution is -0.385. The fraction of sp³-hybridized carbons (Fsp3) is 0.267. The minimum absolute atomic E-state index is 0. The third-order valence-corrected chi connectivity index (χ3v) is 4.79. The third-order valence-electron chi connectivity index (χ3n) is 3.83. The second-order valence-corrected chi connectivity index (χ2v) is 6.41. The first kappa shape index (κ1) is 21.3. The summed E-state index contributed by atoms with van der Waals surface area (Å²) >= 11 is 1.54. The Balaban J connectivity index is 0.00000280. The zero-order valence-electron chi connectivity index (χ0n) is 15.0. The molecule has 4 N–H and O–H groups in total. The van der Waals surface area contributed by atoms with Crippen molar-refractivity contribution < 1.29 is 14.4 Å². The monoisotopic (exact) mass is 427 g/mol. The lowest BCUT2D eigenvalue weighted by atomic mass is 10.1. The number of nitro benzene ring substituents is 1. The number of hydrogen-bond acceptors (Lipinski definition) is 8. The number of ether oxygens (including phenoxy) is 2. The maximum Gasteiger partial charge on any atom is 0.324 e. The fourth-order valence-corrected chi connectivity index (χ4v) is 3.72. The summed E-state index contributed by atoms with van der Waals surface area (Å²) in [5.74, 6) is 1.03. The van der Waals surface area contributed by atoms with Crippen LogP contribution in [-0.4, -0.2) is 46.6 Å². The lowest BCUT2D eigenvalue weighted by Gasteiger charge is -2.11. The average molecular weight is 428 g/mol. The van der Waals surface area contributed by atoms with Crippen LogP contribution in [0.25, 0.3) is 11.3 Å². The van der Waals surface area contributed by atoms with E-state index >= 15 is 0 Å². The molecule has 1 aliphatic heterocycles. The Kier molecular flexibility index (Phi) is 6.70. The summed E-state index contributed by atoms with van der Waals surface area (Å²) < 4.78 is 12.4. The van der Waals surface area contributed by atoms with Gasteiger partial charge in [-0.05, 0) is 12.1 Å². The Morgan fingerprint density at radius 2 is 2.04 bits per heavy atom. The molecule has 0 bridgehead atoms. The molecule has 0 unspecified atom stereocenters. The van der Waals surface area contributed by atoms with E-state index in [2.05, 4.69) is 15.2 Å². The van der Waals surface area contributed by atoms with Crippen molar-refractivity contribution in [1.82, 2.24) is 9.55 Å². The van der Waals surface area contributed by atoms with Crippen LogP contribution in [0, 0.1) is 10.1 Å². The van der Waals surface area contributed by atoms with E-state index in [-0.39, 0.29) is 35.4 Å². The molecule has 28 heavy (non-hydrogen) atoms. The molecule has 0 spiro atoms. The van der Waals surface area contributed by atoms with Crippen molar-refractivity contribution in [3.63, 3.8) is 0 Å². The van der Waals surface area contributed by atoms with Gasteiger partial charge in [0.05, 0.1) is 31.1 Å². The molecule has 3 rings (SSSR count). The number of thioether (sulfide) groups is 1. The van der Waals surface area contributed by atoms with Crippen molar-refractivity contribution >= 4 is 42.0 Å². The molecule has 2 aromatic rings. The van der Waals surface area contributed by atoms with Crippen LogP contribution in [0.2, 0.25) is 0 Å². The molecule has 1 aromatic heterocycles. The van der Waals surface area contributed by atoms with Gasteiger partial charge in [-0.25, -0.2) is 4.98 Å². The quantitative estimate of drug-likeness (QED) is 0.304. The Labute approximate surface area is 170 Å². The number of fused-ring (bicyclic) bond motifs is 1. The van der Waals surface area contributed by atoms with E-state index in [1.807, 2.05) is 4.57 Å². The molecular weight excluding hydrogens is 410 g/mol. The van der Waals surface area contributed by atoms with Crippen molar-refractivity contribution in [2.75, 3.05) is 20.0 Å². The molecule has 1 aliphatic rings. The molecule has 2 heterocycles. The number of nitrogens with two attached hydrogens (primary N) is 2. The van der Waals surface area contributed by atoms with Gasteiger partial charge in [-0.3, -0.25) is 10.1 Å². The smallest absolute Gasteiger partial charge is 0.324 e. The van der Waals surface area contributed by atoms with Crippen molar-refractivity contribution in [3.8, 4) is 22.8 Å². The highest BCUT2D eigenvalue weighted by atomic mass is 35.5. The fourth-order valence-electron chi connectivity index (χ4n) is 2.76. The number of rotatable bonds is 6. The van der Waals surface area contributed by atoms with Crippen LogP contribution >= 0.6 is 24.2 Å². The van der Waals surface area contributed by atoms with Crippen LogP contribution in [0.1, 0.15) is 5.69 Å². The number of aromatic nitrogens is 2. The summed E-state index contributed by atoms with van der Waals surface area (Å²) in [6, 6.07) is 3.07. The van der Waals surface area contributed by atoms with E-state index in [1.165, 1.54) is 38.3 Å². The third kappa shape index (κ3) is 3.82. The highest BCUT2D eigenvalue weighted by Crippen LogP contribution is 2.46. The van der Waals surface area contributed by atoms with Gasteiger partial charge in [0.25, 0.3) is 0 Å². The van der Waals surface area contributed by atoms with Gasteiger partial charge in [-0.2, -0.15) is 5.10 Å². The maximum absolute atomic E-state index is 11.8. The molecule has 0 radical (unpaired) electrons. The molecule has 0 atom stereocenters. The second kappa shape index (κ2) is 8.80. The number of benzene rings is 1. The van der Waals surface area contributed by atoms with Crippen LogP contribution in [0.3, 0.4) is 0 Å². The summed E-state index contributed by atoms with van der Waals surface area (Å²) in [6.07, 6.45) is 1.42. The largest absolute Gasteiger partial charge is 0.496 e. The zero-order valence-corrected chi connectivity index (χ0v) is 16.6. The Bertz CT molecular complexity index is 956. The highest BCUT2D eigenvalue weighted by molar-refractivity contribution is 7.99. The van der Waals surface area contributed by atoms with Crippen LogP contribution in [-0.2, 0) is 6.54 Å². The predicted octanol–water partition coefficient (Wildman–Crippen LogP) is 1.61. The van der Waals surface area contributed by atoms with Crippen molar-refractivity contribution in [2.45, 2.75) is 11.7 Å². The summed E-state index contributed by atoms with van der Waals surface area (Å²) in [5.41, 5.74) is 11.4. The van der Waals surface area contributed by atoms with Gasteiger partial charge in [0, 0.05) is 12.3 Å². The van der Waals surface area contributed by atoms with Crippen molar-refractivity contribution in [1.29, 1.82) is 0 Å². The Hall–Kier alpha value is -2.99. The van der Waals surface area contributed by atoms with E-state index in [1.54, 1.807) is 6.07 Å². The van der Waals surface area contributed by atoms with Crippen molar-refractivity contribution in [2.24, 2.45) is 21.7 Å². The van der Waals surface area contributed by atoms with Gasteiger partial charge < -0.3 is 25.5 Å². The number of nitrogens with zero attached hydrogens (tertiary/aromatic N) is 5. The van der Waals surface area contributed by atoms with E-state index in [9.17, 15) is 10.1 Å². The van der Waals surface area contributed by atoms with E-state index < -0.39 is 4.92 Å². The van der Waals surface area contributed by atoms with Gasteiger partial charge >= 0.3 is 5.69 Å². The number of imidazole rings is 1. The maximum atomic E-state index is 11.8. The standard InChI is InChI=1S/C15H17N7O4S.ClH/c1-25-9-3-4-10(26-2)13(22(23)24)11(9)12-8(7-18-20-14(16)17)21-5-6-27-15(21)19-12;/h3-4,7H,5-6H2,1-2H3,(H4,16,17,20);1H/b18-7-;. The molecule has 0 amide bonds. The zero-order chi connectivity index (χ0) is 19.6. The van der Waals surface area contributed by atoms with Crippen LogP contribution in [0.4, 0.5) is 5.69 Å².